The zero-order chi connectivity index (χ0) is 18.9. The summed E-state index contributed by atoms with van der Waals surface area (Å²) < 4.78 is 11.4. The molecule has 2 aliphatic rings. The molecule has 1 aliphatic carbocycles. The average Bonchev–Trinajstić information content (AvgIpc) is 3.20. The summed E-state index contributed by atoms with van der Waals surface area (Å²) >= 11 is 0. The van der Waals surface area contributed by atoms with Crippen LogP contribution in [0, 0.1) is 0 Å². The predicted molar refractivity (Wildman–Crippen MR) is 104 cm³/mol. The molecule has 27 heavy (non-hydrogen) atoms. The first-order valence-electron chi connectivity index (χ1n) is 10.1. The van der Waals surface area contributed by atoms with Gasteiger partial charge in [-0.3, -0.25) is 9.59 Å². The molecular weight excluding hydrogens is 344 g/mol. The minimum Gasteiger partial charge on any atom is -0.491 e. The van der Waals surface area contributed by atoms with Gasteiger partial charge in [-0.05, 0) is 56.4 Å². The van der Waals surface area contributed by atoms with Gasteiger partial charge in [-0.15, -0.1) is 0 Å². The molecule has 6 nitrogen and oxygen atoms in total. The van der Waals surface area contributed by atoms with Crippen LogP contribution in [0.1, 0.15) is 57.8 Å². The van der Waals surface area contributed by atoms with Crippen molar-refractivity contribution in [1.29, 1.82) is 0 Å². The number of nitrogens with one attached hydrogen (secondary N) is 2. The van der Waals surface area contributed by atoms with Crippen molar-refractivity contribution >= 4 is 17.5 Å². The number of anilines is 1. The third-order valence-corrected chi connectivity index (χ3v) is 5.15. The predicted octanol–water partition coefficient (Wildman–Crippen LogP) is 3.41. The second kappa shape index (κ2) is 10.3. The van der Waals surface area contributed by atoms with Gasteiger partial charge in [0.25, 0.3) is 0 Å². The molecule has 0 bridgehead atoms. The van der Waals surface area contributed by atoms with Crippen molar-refractivity contribution in [3.05, 3.63) is 24.3 Å². The van der Waals surface area contributed by atoms with E-state index in [2.05, 4.69) is 10.6 Å². The summed E-state index contributed by atoms with van der Waals surface area (Å²) in [6.45, 7) is 1.37. The summed E-state index contributed by atoms with van der Waals surface area (Å²) in [4.78, 5) is 23.9. The van der Waals surface area contributed by atoms with Gasteiger partial charge in [0.05, 0.1) is 6.10 Å². The summed E-state index contributed by atoms with van der Waals surface area (Å²) in [5, 5.41) is 5.83. The zero-order valence-electron chi connectivity index (χ0n) is 15.9. The fourth-order valence-electron chi connectivity index (χ4n) is 3.58. The van der Waals surface area contributed by atoms with Gasteiger partial charge in [-0.25, -0.2) is 0 Å². The average molecular weight is 374 g/mol. The molecule has 2 amide bonds. The summed E-state index contributed by atoms with van der Waals surface area (Å²) in [6.07, 6.45) is 8.43. The van der Waals surface area contributed by atoms with Crippen molar-refractivity contribution in [3.63, 3.8) is 0 Å². The first-order chi connectivity index (χ1) is 13.2. The number of hydrogen-bond acceptors (Lipinski definition) is 4. The van der Waals surface area contributed by atoms with Crippen molar-refractivity contribution in [2.24, 2.45) is 0 Å². The zero-order valence-corrected chi connectivity index (χ0v) is 15.9. The first kappa shape index (κ1) is 19.7. The highest BCUT2D eigenvalue weighted by Crippen LogP contribution is 2.19. The molecule has 1 atom stereocenters. The Bertz CT molecular complexity index is 605. The topological polar surface area (TPSA) is 76.7 Å². The van der Waals surface area contributed by atoms with Crippen molar-refractivity contribution < 1.29 is 19.1 Å². The summed E-state index contributed by atoms with van der Waals surface area (Å²) in [7, 11) is 0. The Kier molecular flexibility index (Phi) is 7.51. The Morgan fingerprint density at radius 3 is 2.37 bits per heavy atom. The van der Waals surface area contributed by atoms with E-state index in [0.29, 0.717) is 18.3 Å². The highest BCUT2D eigenvalue weighted by atomic mass is 16.5. The Balaban J connectivity index is 1.34. The minimum atomic E-state index is -0.152. The summed E-state index contributed by atoms with van der Waals surface area (Å²) in [5.74, 6) is 0.574. The molecule has 1 heterocycles. The van der Waals surface area contributed by atoms with Gasteiger partial charge in [0.1, 0.15) is 12.4 Å². The number of carbonyl (C=O) groups is 2. The maximum Gasteiger partial charge on any atom is 0.224 e. The molecule has 1 unspecified atom stereocenters. The van der Waals surface area contributed by atoms with Crippen molar-refractivity contribution in [1.82, 2.24) is 5.32 Å². The van der Waals surface area contributed by atoms with Crippen LogP contribution in [0.2, 0.25) is 0 Å². The smallest absolute Gasteiger partial charge is 0.224 e. The Morgan fingerprint density at radius 1 is 0.963 bits per heavy atom. The molecule has 3 rings (SSSR count). The minimum absolute atomic E-state index is 0.0364. The lowest BCUT2D eigenvalue weighted by Gasteiger charge is -2.22. The van der Waals surface area contributed by atoms with Gasteiger partial charge >= 0.3 is 0 Å². The molecule has 0 spiro atoms. The monoisotopic (exact) mass is 374 g/mol. The maximum atomic E-state index is 12.0. The van der Waals surface area contributed by atoms with E-state index < -0.39 is 0 Å². The molecule has 1 saturated carbocycles. The van der Waals surface area contributed by atoms with Crippen LogP contribution in [0.5, 0.6) is 5.75 Å². The number of amides is 2. The van der Waals surface area contributed by atoms with Gasteiger partial charge in [-0.2, -0.15) is 0 Å². The molecule has 1 aromatic carbocycles. The number of ether oxygens (including phenoxy) is 2. The SMILES string of the molecule is O=C(CCC(=O)NC1CCCC1)Nc1ccc(OCC2CCCCO2)cc1. The molecule has 2 fully saturated rings. The number of benzene rings is 1. The maximum absolute atomic E-state index is 12.0. The van der Waals surface area contributed by atoms with Crippen LogP contribution in [0.25, 0.3) is 0 Å². The van der Waals surface area contributed by atoms with E-state index in [1.54, 1.807) is 0 Å². The van der Waals surface area contributed by atoms with Crippen LogP contribution in [-0.4, -0.2) is 37.2 Å². The van der Waals surface area contributed by atoms with E-state index in [1.165, 1.54) is 19.3 Å². The van der Waals surface area contributed by atoms with E-state index in [9.17, 15) is 9.59 Å². The number of hydrogen-bond donors (Lipinski definition) is 2. The molecule has 0 radical (unpaired) electrons. The Labute approximate surface area is 161 Å². The largest absolute Gasteiger partial charge is 0.491 e. The molecule has 1 saturated heterocycles. The first-order valence-corrected chi connectivity index (χ1v) is 10.1. The van der Waals surface area contributed by atoms with Crippen molar-refractivity contribution in [2.45, 2.75) is 69.9 Å². The fourth-order valence-corrected chi connectivity index (χ4v) is 3.58. The third-order valence-electron chi connectivity index (χ3n) is 5.15. The molecule has 148 valence electrons. The lowest BCUT2D eigenvalue weighted by Crippen LogP contribution is -2.33. The number of rotatable bonds is 8. The summed E-state index contributed by atoms with van der Waals surface area (Å²) in [6, 6.07) is 7.60. The quantitative estimate of drug-likeness (QED) is 0.731. The van der Waals surface area contributed by atoms with Gasteiger partial charge in [0, 0.05) is 31.2 Å². The molecule has 2 N–H and O–H groups in total. The van der Waals surface area contributed by atoms with E-state index >= 15 is 0 Å². The van der Waals surface area contributed by atoms with Crippen LogP contribution in [0.4, 0.5) is 5.69 Å². The van der Waals surface area contributed by atoms with Crippen LogP contribution in [0.3, 0.4) is 0 Å². The van der Waals surface area contributed by atoms with E-state index in [-0.39, 0.29) is 30.8 Å². The molecular formula is C21H30N2O4. The van der Waals surface area contributed by atoms with Gasteiger partial charge in [0.2, 0.25) is 11.8 Å². The van der Waals surface area contributed by atoms with Gasteiger partial charge < -0.3 is 20.1 Å². The Morgan fingerprint density at radius 2 is 1.67 bits per heavy atom. The molecule has 6 heteroatoms. The van der Waals surface area contributed by atoms with Crippen molar-refractivity contribution in [3.8, 4) is 5.75 Å². The highest BCUT2D eigenvalue weighted by Gasteiger charge is 2.17. The van der Waals surface area contributed by atoms with Crippen molar-refractivity contribution in [2.75, 3.05) is 18.5 Å². The second-order valence-electron chi connectivity index (χ2n) is 7.42. The van der Waals surface area contributed by atoms with Gasteiger partial charge in [-0.1, -0.05) is 12.8 Å². The lowest BCUT2D eigenvalue weighted by atomic mass is 10.1. The normalized spacial score (nSPS) is 20.2. The van der Waals surface area contributed by atoms with E-state index in [0.717, 1.165) is 38.0 Å². The van der Waals surface area contributed by atoms with E-state index in [1.807, 2.05) is 24.3 Å². The highest BCUT2D eigenvalue weighted by molar-refractivity contribution is 5.93. The van der Waals surface area contributed by atoms with Crippen LogP contribution < -0.4 is 15.4 Å². The van der Waals surface area contributed by atoms with Crippen LogP contribution in [-0.2, 0) is 14.3 Å². The lowest BCUT2D eigenvalue weighted by molar-refractivity contribution is -0.124. The van der Waals surface area contributed by atoms with E-state index in [4.69, 9.17) is 9.47 Å². The standard InChI is InChI=1S/C21H30N2O4/c24-20(22-16-5-1-2-6-16)12-13-21(25)23-17-8-10-18(11-9-17)27-15-19-7-3-4-14-26-19/h8-11,16,19H,1-7,12-15H2,(H,22,24)(H,23,25). The number of carbonyl (C=O) groups excluding carboxylic acids is 2. The molecule has 1 aromatic rings. The third kappa shape index (κ3) is 6.86. The summed E-state index contributed by atoms with van der Waals surface area (Å²) in [5.41, 5.74) is 0.706. The molecule has 0 aromatic heterocycles. The van der Waals surface area contributed by atoms with Crippen LogP contribution in [0.15, 0.2) is 24.3 Å². The van der Waals surface area contributed by atoms with Gasteiger partial charge in [0.15, 0.2) is 0 Å². The Hall–Kier alpha value is -2.08. The second-order valence-corrected chi connectivity index (χ2v) is 7.42. The molecule has 1 aliphatic heterocycles. The fraction of sp³-hybridized carbons (Fsp3) is 0.619. The van der Waals surface area contributed by atoms with Crippen LogP contribution >= 0.6 is 0 Å².